The Labute approximate surface area is 130 Å². The first-order valence-electron chi connectivity index (χ1n) is 7.11. The Bertz CT molecular complexity index is 716. The van der Waals surface area contributed by atoms with E-state index in [-0.39, 0.29) is 5.69 Å². The van der Waals surface area contributed by atoms with Gasteiger partial charge in [0.2, 0.25) is 0 Å². The zero-order valence-electron chi connectivity index (χ0n) is 13.0. The number of non-ortho nitro benzene ring substituents is 1. The zero-order valence-corrected chi connectivity index (χ0v) is 13.0. The summed E-state index contributed by atoms with van der Waals surface area (Å²) in [5.74, 6) is 1.36. The normalized spacial score (nSPS) is 10.1. The first-order valence-corrected chi connectivity index (χ1v) is 7.11. The van der Waals surface area contributed by atoms with Gasteiger partial charge in [0.25, 0.3) is 5.69 Å². The monoisotopic (exact) mass is 297 g/mol. The van der Waals surface area contributed by atoms with Gasteiger partial charge in [-0.25, -0.2) is 0 Å². The summed E-state index contributed by atoms with van der Waals surface area (Å²) in [6.45, 7) is 5.94. The van der Waals surface area contributed by atoms with E-state index in [0.717, 1.165) is 17.7 Å². The van der Waals surface area contributed by atoms with Gasteiger partial charge in [-0.3, -0.25) is 10.1 Å². The lowest BCUT2D eigenvalue weighted by Gasteiger charge is -2.09. The molecule has 0 aliphatic rings. The fraction of sp³-hybridized carbons (Fsp3) is 0.222. The standard InChI is InChI=1S/C18H19NO3/c1-13(2)7-8-15-5-4-6-17(12-15)22-18-10-9-16(19(20)21)11-14(18)3/h4-7,9-12H,8H2,1-3H3. The highest BCUT2D eigenvalue weighted by atomic mass is 16.6. The van der Waals surface area contributed by atoms with Crippen LogP contribution in [0.2, 0.25) is 0 Å². The van der Waals surface area contributed by atoms with Crippen molar-refractivity contribution in [3.05, 3.63) is 75.4 Å². The number of hydrogen-bond donors (Lipinski definition) is 0. The minimum atomic E-state index is -0.406. The molecule has 2 aromatic carbocycles. The van der Waals surface area contributed by atoms with Crippen molar-refractivity contribution in [3.8, 4) is 11.5 Å². The predicted molar refractivity (Wildman–Crippen MR) is 87.5 cm³/mol. The highest BCUT2D eigenvalue weighted by Gasteiger charge is 2.09. The summed E-state index contributed by atoms with van der Waals surface area (Å²) in [4.78, 5) is 10.3. The molecule has 0 aliphatic heterocycles. The molecular weight excluding hydrogens is 278 g/mol. The van der Waals surface area contributed by atoms with E-state index >= 15 is 0 Å². The lowest BCUT2D eigenvalue weighted by molar-refractivity contribution is -0.384. The van der Waals surface area contributed by atoms with Gasteiger partial charge in [0, 0.05) is 12.1 Å². The van der Waals surface area contributed by atoms with Crippen molar-refractivity contribution in [2.45, 2.75) is 27.2 Å². The molecule has 4 nitrogen and oxygen atoms in total. The molecule has 22 heavy (non-hydrogen) atoms. The summed E-state index contributed by atoms with van der Waals surface area (Å²) < 4.78 is 5.85. The van der Waals surface area contributed by atoms with Crippen LogP contribution in [0.15, 0.2) is 54.1 Å². The second kappa shape index (κ2) is 6.89. The predicted octanol–water partition coefficient (Wildman–Crippen LogP) is 5.20. The van der Waals surface area contributed by atoms with Crippen LogP contribution in [0.5, 0.6) is 11.5 Å². The Hall–Kier alpha value is -2.62. The number of aryl methyl sites for hydroxylation is 1. The van der Waals surface area contributed by atoms with Crippen molar-refractivity contribution in [2.75, 3.05) is 0 Å². The van der Waals surface area contributed by atoms with Crippen molar-refractivity contribution >= 4 is 5.69 Å². The molecule has 0 unspecified atom stereocenters. The van der Waals surface area contributed by atoms with E-state index in [1.54, 1.807) is 13.0 Å². The van der Waals surface area contributed by atoms with Crippen LogP contribution < -0.4 is 4.74 Å². The summed E-state index contributed by atoms with van der Waals surface area (Å²) in [7, 11) is 0. The third-order valence-corrected chi connectivity index (χ3v) is 3.24. The van der Waals surface area contributed by atoms with Gasteiger partial charge in [-0.05, 0) is 56.5 Å². The largest absolute Gasteiger partial charge is 0.457 e. The van der Waals surface area contributed by atoms with Crippen LogP contribution >= 0.6 is 0 Å². The Morgan fingerprint density at radius 2 is 2.00 bits per heavy atom. The molecule has 0 aliphatic carbocycles. The molecule has 2 aromatic rings. The van der Waals surface area contributed by atoms with Crippen LogP contribution in [0.3, 0.4) is 0 Å². The van der Waals surface area contributed by atoms with E-state index in [9.17, 15) is 10.1 Å². The van der Waals surface area contributed by atoms with Gasteiger partial charge in [-0.15, -0.1) is 0 Å². The zero-order chi connectivity index (χ0) is 16.1. The molecule has 0 spiro atoms. The van der Waals surface area contributed by atoms with E-state index in [2.05, 4.69) is 26.0 Å². The number of benzene rings is 2. The van der Waals surface area contributed by atoms with Crippen molar-refractivity contribution < 1.29 is 9.66 Å². The van der Waals surface area contributed by atoms with Gasteiger partial charge in [0.05, 0.1) is 4.92 Å². The maximum Gasteiger partial charge on any atom is 0.269 e. The fourth-order valence-corrected chi connectivity index (χ4v) is 2.05. The molecule has 0 saturated carbocycles. The smallest absolute Gasteiger partial charge is 0.269 e. The number of rotatable bonds is 5. The second-order valence-corrected chi connectivity index (χ2v) is 5.44. The third-order valence-electron chi connectivity index (χ3n) is 3.24. The molecule has 0 bridgehead atoms. The second-order valence-electron chi connectivity index (χ2n) is 5.44. The molecule has 0 saturated heterocycles. The van der Waals surface area contributed by atoms with E-state index in [0.29, 0.717) is 5.75 Å². The maximum absolute atomic E-state index is 10.8. The SMILES string of the molecule is CC(C)=CCc1cccc(Oc2ccc([N+](=O)[O-])cc2C)c1. The molecule has 114 valence electrons. The molecule has 0 atom stereocenters. The molecular formula is C18H19NO3. The lowest BCUT2D eigenvalue weighted by atomic mass is 10.1. The van der Waals surface area contributed by atoms with Crippen LogP contribution in [0.4, 0.5) is 5.69 Å². The van der Waals surface area contributed by atoms with Gasteiger partial charge in [-0.2, -0.15) is 0 Å². The van der Waals surface area contributed by atoms with Crippen LogP contribution in [0.1, 0.15) is 25.0 Å². The van der Waals surface area contributed by atoms with Gasteiger partial charge in [0.1, 0.15) is 11.5 Å². The average Bonchev–Trinajstić information content (AvgIpc) is 2.47. The first kappa shape index (κ1) is 15.8. The topological polar surface area (TPSA) is 52.4 Å². The van der Waals surface area contributed by atoms with Crippen LogP contribution in [0, 0.1) is 17.0 Å². The van der Waals surface area contributed by atoms with Crippen molar-refractivity contribution in [1.29, 1.82) is 0 Å². The van der Waals surface area contributed by atoms with E-state index in [4.69, 9.17) is 4.74 Å². The van der Waals surface area contributed by atoms with Crippen molar-refractivity contribution in [3.63, 3.8) is 0 Å². The molecule has 0 heterocycles. The summed E-state index contributed by atoms with van der Waals surface area (Å²) in [5.41, 5.74) is 3.25. The minimum Gasteiger partial charge on any atom is -0.457 e. The molecule has 0 radical (unpaired) electrons. The number of nitrogens with zero attached hydrogens (tertiary/aromatic N) is 1. The fourth-order valence-electron chi connectivity index (χ4n) is 2.05. The highest BCUT2D eigenvalue weighted by Crippen LogP contribution is 2.28. The molecule has 2 rings (SSSR count). The van der Waals surface area contributed by atoms with E-state index < -0.39 is 4.92 Å². The summed E-state index contributed by atoms with van der Waals surface area (Å²) >= 11 is 0. The number of nitro benzene ring substituents is 1. The van der Waals surface area contributed by atoms with Gasteiger partial charge < -0.3 is 4.74 Å². The molecule has 0 fully saturated rings. The Morgan fingerprint density at radius 3 is 2.64 bits per heavy atom. The Balaban J connectivity index is 2.18. The van der Waals surface area contributed by atoms with Crippen molar-refractivity contribution in [2.24, 2.45) is 0 Å². The van der Waals surface area contributed by atoms with Gasteiger partial charge in [0.15, 0.2) is 0 Å². The summed E-state index contributed by atoms with van der Waals surface area (Å²) in [6.07, 6.45) is 3.02. The van der Waals surface area contributed by atoms with E-state index in [1.165, 1.54) is 23.3 Å². The molecule has 0 amide bonds. The highest BCUT2D eigenvalue weighted by molar-refractivity contribution is 5.45. The first-order chi connectivity index (χ1) is 10.5. The van der Waals surface area contributed by atoms with Crippen LogP contribution in [-0.2, 0) is 6.42 Å². The third kappa shape index (κ3) is 4.19. The molecule has 0 aromatic heterocycles. The lowest BCUT2D eigenvalue weighted by Crippen LogP contribution is -1.92. The maximum atomic E-state index is 10.8. The number of nitro groups is 1. The minimum absolute atomic E-state index is 0.0714. The number of hydrogen-bond acceptors (Lipinski definition) is 3. The van der Waals surface area contributed by atoms with Crippen LogP contribution in [0.25, 0.3) is 0 Å². The van der Waals surface area contributed by atoms with Crippen molar-refractivity contribution in [1.82, 2.24) is 0 Å². The molecule has 4 heteroatoms. The Morgan fingerprint density at radius 1 is 1.23 bits per heavy atom. The van der Waals surface area contributed by atoms with Gasteiger partial charge in [-0.1, -0.05) is 23.8 Å². The number of ether oxygens (including phenoxy) is 1. The summed E-state index contributed by atoms with van der Waals surface area (Å²) in [6, 6.07) is 12.5. The van der Waals surface area contributed by atoms with Crippen LogP contribution in [-0.4, -0.2) is 4.92 Å². The Kier molecular flexibility index (Phi) is 4.94. The average molecular weight is 297 g/mol. The quantitative estimate of drug-likeness (QED) is 0.433. The molecule has 0 N–H and O–H groups in total. The summed E-state index contributed by atoms with van der Waals surface area (Å²) in [5, 5.41) is 10.8. The van der Waals surface area contributed by atoms with Gasteiger partial charge >= 0.3 is 0 Å². The van der Waals surface area contributed by atoms with E-state index in [1.807, 2.05) is 18.2 Å². The number of allylic oxidation sites excluding steroid dienone is 2.